The van der Waals surface area contributed by atoms with Crippen LogP contribution in [0.15, 0.2) is 9.42 Å². The number of hydrogen-bond acceptors (Lipinski definition) is 6. The van der Waals surface area contributed by atoms with Crippen molar-refractivity contribution in [1.29, 1.82) is 0 Å². The molecule has 160 valence electrons. The van der Waals surface area contributed by atoms with Crippen molar-refractivity contribution < 1.29 is 12.9 Å². The molecule has 0 radical (unpaired) electrons. The van der Waals surface area contributed by atoms with Crippen LogP contribution in [0.5, 0.6) is 0 Å². The normalized spacial score (nSPS) is 17.6. The molecule has 0 bridgehead atoms. The van der Waals surface area contributed by atoms with Gasteiger partial charge in [0, 0.05) is 32.6 Å². The second-order valence-electron chi connectivity index (χ2n) is 7.97. The van der Waals surface area contributed by atoms with Crippen molar-refractivity contribution in [2.45, 2.75) is 65.8 Å². The lowest BCUT2D eigenvalue weighted by Crippen LogP contribution is -2.49. The van der Waals surface area contributed by atoms with Crippen molar-refractivity contribution in [3.63, 3.8) is 0 Å². The van der Waals surface area contributed by atoms with Gasteiger partial charge >= 0.3 is 0 Å². The van der Waals surface area contributed by atoms with Gasteiger partial charge in [0.25, 0.3) is 0 Å². The van der Waals surface area contributed by atoms with Crippen molar-refractivity contribution in [3.8, 4) is 0 Å². The number of sulfonamides is 1. The predicted molar refractivity (Wildman–Crippen MR) is 113 cm³/mol. The monoisotopic (exact) mass is 420 g/mol. The molecule has 0 aliphatic carbocycles. The summed E-state index contributed by atoms with van der Waals surface area (Å²) in [5, 5.41) is 3.97. The minimum Gasteiger partial charge on any atom is -0.338 e. The van der Waals surface area contributed by atoms with E-state index in [9.17, 15) is 8.42 Å². The number of rotatable bonds is 5. The molecule has 1 aliphatic heterocycles. The summed E-state index contributed by atoms with van der Waals surface area (Å²) in [5.74, 6) is 1.29. The Kier molecular flexibility index (Phi) is 6.17. The van der Waals surface area contributed by atoms with E-state index in [1.165, 1.54) is 5.56 Å². The van der Waals surface area contributed by atoms with Crippen LogP contribution in [0.25, 0.3) is 0 Å². The van der Waals surface area contributed by atoms with Gasteiger partial charge in [-0.25, -0.2) is 8.42 Å². The lowest BCUT2D eigenvalue weighted by atomic mass is 9.95. The van der Waals surface area contributed by atoms with Gasteiger partial charge < -0.3 is 4.52 Å². The predicted octanol–water partition coefficient (Wildman–Crippen LogP) is 3.24. The zero-order valence-corrected chi connectivity index (χ0v) is 19.4. The Morgan fingerprint density at radius 1 is 0.931 bits per heavy atom. The number of aryl methyl sites for hydroxylation is 1. The first kappa shape index (κ1) is 21.9. The molecule has 0 spiro atoms. The molecule has 2 aromatic rings. The van der Waals surface area contributed by atoms with Crippen LogP contribution in [0, 0.1) is 34.6 Å². The van der Waals surface area contributed by atoms with Gasteiger partial charge in [-0.1, -0.05) is 12.1 Å². The number of benzene rings is 1. The standard InChI is InChI=1S/C21H32N4O3S/c1-8-19-22-21(28-23-19)18(7)24-9-11-25(12-10-24)29(26,27)20-16(5)14(3)13(2)15(4)17(20)6/h18H,8-12H2,1-7H3/t18-/m0/s1. The second kappa shape index (κ2) is 8.16. The smallest absolute Gasteiger partial charge is 0.243 e. The molecule has 1 fully saturated rings. The summed E-state index contributed by atoms with van der Waals surface area (Å²) >= 11 is 0. The number of nitrogens with zero attached hydrogens (tertiary/aromatic N) is 4. The zero-order valence-electron chi connectivity index (χ0n) is 18.5. The van der Waals surface area contributed by atoms with Crippen molar-refractivity contribution in [2.24, 2.45) is 0 Å². The Bertz CT molecular complexity index is 976. The number of aromatic nitrogens is 2. The summed E-state index contributed by atoms with van der Waals surface area (Å²) in [5.41, 5.74) is 5.01. The lowest BCUT2D eigenvalue weighted by molar-refractivity contribution is 0.124. The Morgan fingerprint density at radius 3 is 1.93 bits per heavy atom. The largest absolute Gasteiger partial charge is 0.338 e. The van der Waals surface area contributed by atoms with E-state index >= 15 is 0 Å². The molecule has 29 heavy (non-hydrogen) atoms. The van der Waals surface area contributed by atoms with Gasteiger partial charge in [-0.2, -0.15) is 9.29 Å². The molecule has 1 aromatic heterocycles. The minimum atomic E-state index is -3.54. The highest BCUT2D eigenvalue weighted by Gasteiger charge is 2.34. The zero-order chi connectivity index (χ0) is 21.5. The van der Waals surface area contributed by atoms with E-state index in [4.69, 9.17) is 4.52 Å². The SMILES string of the molecule is CCc1noc([C@H](C)N2CCN(S(=O)(=O)c3c(C)c(C)c(C)c(C)c3C)CC2)n1. The molecule has 7 nitrogen and oxygen atoms in total. The third kappa shape index (κ3) is 3.85. The second-order valence-corrected chi connectivity index (χ2v) is 9.85. The van der Waals surface area contributed by atoms with E-state index in [0.29, 0.717) is 42.8 Å². The van der Waals surface area contributed by atoms with Gasteiger partial charge in [0.1, 0.15) is 0 Å². The van der Waals surface area contributed by atoms with Crippen LogP contribution in [0.1, 0.15) is 59.4 Å². The molecule has 1 aromatic carbocycles. The summed E-state index contributed by atoms with van der Waals surface area (Å²) in [6, 6.07) is -0.0278. The van der Waals surface area contributed by atoms with E-state index in [-0.39, 0.29) is 6.04 Å². The Hall–Kier alpha value is -1.77. The molecule has 0 N–H and O–H groups in total. The summed E-state index contributed by atoms with van der Waals surface area (Å²) in [4.78, 5) is 7.09. The molecule has 1 saturated heterocycles. The van der Waals surface area contributed by atoms with Crippen molar-refractivity contribution in [3.05, 3.63) is 39.5 Å². The molecule has 8 heteroatoms. The van der Waals surface area contributed by atoms with Gasteiger partial charge in [-0.05, 0) is 69.4 Å². The first-order valence-corrected chi connectivity index (χ1v) is 11.7. The molecule has 2 heterocycles. The van der Waals surface area contributed by atoms with Crippen LogP contribution in [0.3, 0.4) is 0 Å². The molecular weight excluding hydrogens is 388 g/mol. The highest BCUT2D eigenvalue weighted by Crippen LogP contribution is 2.32. The Balaban J connectivity index is 1.80. The van der Waals surface area contributed by atoms with Crippen LogP contribution in [0.2, 0.25) is 0 Å². The molecule has 0 amide bonds. The van der Waals surface area contributed by atoms with Crippen molar-refractivity contribution in [2.75, 3.05) is 26.2 Å². The minimum absolute atomic E-state index is 0.0278. The molecular formula is C21H32N4O3S. The Labute approximate surface area is 174 Å². The van der Waals surface area contributed by atoms with E-state index in [1.807, 2.05) is 41.5 Å². The fraction of sp³-hybridized carbons (Fsp3) is 0.619. The first-order chi connectivity index (χ1) is 13.6. The maximum Gasteiger partial charge on any atom is 0.243 e. The van der Waals surface area contributed by atoms with Gasteiger partial charge in [-0.3, -0.25) is 4.90 Å². The van der Waals surface area contributed by atoms with Gasteiger partial charge in [0.15, 0.2) is 5.82 Å². The summed E-state index contributed by atoms with van der Waals surface area (Å²) in [7, 11) is -3.54. The van der Waals surface area contributed by atoms with Crippen LogP contribution >= 0.6 is 0 Å². The van der Waals surface area contributed by atoms with E-state index in [0.717, 1.165) is 28.7 Å². The molecule has 1 aliphatic rings. The fourth-order valence-electron chi connectivity index (χ4n) is 4.05. The van der Waals surface area contributed by atoms with Crippen LogP contribution in [-0.2, 0) is 16.4 Å². The van der Waals surface area contributed by atoms with Gasteiger partial charge in [0.05, 0.1) is 10.9 Å². The van der Waals surface area contributed by atoms with E-state index in [2.05, 4.69) is 22.0 Å². The van der Waals surface area contributed by atoms with Crippen molar-refractivity contribution in [1.82, 2.24) is 19.3 Å². The first-order valence-electron chi connectivity index (χ1n) is 10.2. The molecule has 3 rings (SSSR count). The molecule has 0 saturated carbocycles. The van der Waals surface area contributed by atoms with Crippen LogP contribution in [-0.4, -0.2) is 53.9 Å². The Morgan fingerprint density at radius 2 is 1.45 bits per heavy atom. The summed E-state index contributed by atoms with van der Waals surface area (Å²) in [6.45, 7) is 16.1. The van der Waals surface area contributed by atoms with E-state index in [1.54, 1.807) is 4.31 Å². The highest BCUT2D eigenvalue weighted by atomic mass is 32.2. The topological polar surface area (TPSA) is 79.5 Å². The maximum absolute atomic E-state index is 13.5. The molecule has 1 atom stereocenters. The summed E-state index contributed by atoms with van der Waals surface area (Å²) < 4.78 is 34.0. The number of piperazine rings is 1. The van der Waals surface area contributed by atoms with Crippen LogP contribution in [0.4, 0.5) is 0 Å². The van der Waals surface area contributed by atoms with Crippen molar-refractivity contribution >= 4 is 10.0 Å². The third-order valence-electron chi connectivity index (χ3n) is 6.51. The lowest BCUT2D eigenvalue weighted by Gasteiger charge is -2.36. The number of hydrogen-bond donors (Lipinski definition) is 0. The average molecular weight is 421 g/mol. The van der Waals surface area contributed by atoms with E-state index < -0.39 is 10.0 Å². The molecule has 0 unspecified atom stereocenters. The van der Waals surface area contributed by atoms with Gasteiger partial charge in [0.2, 0.25) is 15.9 Å². The summed E-state index contributed by atoms with van der Waals surface area (Å²) in [6.07, 6.45) is 0.732. The van der Waals surface area contributed by atoms with Crippen LogP contribution < -0.4 is 0 Å². The average Bonchev–Trinajstić information content (AvgIpc) is 3.19. The quantitative estimate of drug-likeness (QED) is 0.739. The highest BCUT2D eigenvalue weighted by molar-refractivity contribution is 7.89. The third-order valence-corrected chi connectivity index (χ3v) is 8.68. The fourth-order valence-corrected chi connectivity index (χ4v) is 6.03. The van der Waals surface area contributed by atoms with Gasteiger partial charge in [-0.15, -0.1) is 0 Å². The maximum atomic E-state index is 13.5.